The molecule has 4 heteroatoms. The van der Waals surface area contributed by atoms with Gasteiger partial charge in [-0.25, -0.2) is 13.2 Å². The van der Waals surface area contributed by atoms with E-state index in [2.05, 4.69) is 0 Å². The topological polar surface area (TPSA) is 26.0 Å². The van der Waals surface area contributed by atoms with Gasteiger partial charge in [0.15, 0.2) is 11.6 Å². The molecule has 0 heterocycles. The summed E-state index contributed by atoms with van der Waals surface area (Å²) in [5.41, 5.74) is 5.99. The summed E-state index contributed by atoms with van der Waals surface area (Å²) in [4.78, 5) is 0. The van der Waals surface area contributed by atoms with Crippen LogP contribution in [0.1, 0.15) is 0 Å². The summed E-state index contributed by atoms with van der Waals surface area (Å²) in [6, 6.07) is 7.74. The Labute approximate surface area is 90.3 Å². The summed E-state index contributed by atoms with van der Waals surface area (Å²) in [5.74, 6) is -3.16. The number of anilines is 1. The maximum absolute atomic E-state index is 13.5. The first-order valence-corrected chi connectivity index (χ1v) is 4.59. The van der Waals surface area contributed by atoms with Crippen LogP contribution in [0, 0.1) is 17.5 Å². The van der Waals surface area contributed by atoms with E-state index < -0.39 is 17.5 Å². The first-order chi connectivity index (χ1) is 7.59. The summed E-state index contributed by atoms with van der Waals surface area (Å²) in [6.45, 7) is 0. The molecule has 82 valence electrons. The van der Waals surface area contributed by atoms with Crippen LogP contribution in [0.3, 0.4) is 0 Å². The predicted octanol–water partition coefficient (Wildman–Crippen LogP) is 3.35. The van der Waals surface area contributed by atoms with Gasteiger partial charge in [-0.2, -0.15) is 0 Å². The molecule has 0 aliphatic rings. The number of halogens is 3. The largest absolute Gasteiger partial charge is 0.398 e. The number of hydrogen-bond donors (Lipinski definition) is 1. The molecule has 0 bridgehead atoms. The highest BCUT2D eigenvalue weighted by molar-refractivity contribution is 5.76. The minimum atomic E-state index is -1.22. The third-order valence-corrected chi connectivity index (χ3v) is 2.24. The Hall–Kier alpha value is -1.97. The second kappa shape index (κ2) is 3.89. The molecule has 0 unspecified atom stereocenters. The summed E-state index contributed by atoms with van der Waals surface area (Å²) in [5, 5.41) is 0. The van der Waals surface area contributed by atoms with Gasteiger partial charge < -0.3 is 5.73 Å². The van der Waals surface area contributed by atoms with Crippen molar-refractivity contribution in [1.82, 2.24) is 0 Å². The highest BCUT2D eigenvalue weighted by atomic mass is 19.2. The van der Waals surface area contributed by atoms with E-state index in [1.54, 1.807) is 12.1 Å². The van der Waals surface area contributed by atoms with Gasteiger partial charge in [0.05, 0.1) is 0 Å². The van der Waals surface area contributed by atoms with Gasteiger partial charge >= 0.3 is 0 Å². The van der Waals surface area contributed by atoms with Crippen LogP contribution in [-0.2, 0) is 0 Å². The number of rotatable bonds is 1. The molecular weight excluding hydrogens is 215 g/mol. The van der Waals surface area contributed by atoms with Crippen molar-refractivity contribution in [3.05, 3.63) is 53.8 Å². The molecule has 0 atom stereocenters. The van der Waals surface area contributed by atoms with Gasteiger partial charge in [0.1, 0.15) is 5.82 Å². The van der Waals surface area contributed by atoms with Crippen molar-refractivity contribution in [3.63, 3.8) is 0 Å². The zero-order valence-electron chi connectivity index (χ0n) is 8.18. The second-order valence-corrected chi connectivity index (χ2v) is 3.34. The van der Waals surface area contributed by atoms with Gasteiger partial charge in [-0.05, 0) is 12.1 Å². The minimum Gasteiger partial charge on any atom is -0.398 e. The van der Waals surface area contributed by atoms with E-state index in [0.717, 1.165) is 6.07 Å². The monoisotopic (exact) mass is 223 g/mol. The first-order valence-electron chi connectivity index (χ1n) is 4.59. The Bertz CT molecular complexity index is 538. The van der Waals surface area contributed by atoms with Crippen LogP contribution < -0.4 is 5.73 Å². The third-order valence-electron chi connectivity index (χ3n) is 2.24. The number of nitrogen functional groups attached to an aromatic ring is 1. The van der Waals surface area contributed by atoms with Gasteiger partial charge in [0.2, 0.25) is 0 Å². The predicted molar refractivity (Wildman–Crippen MR) is 56.2 cm³/mol. The number of benzene rings is 2. The van der Waals surface area contributed by atoms with E-state index in [9.17, 15) is 13.2 Å². The van der Waals surface area contributed by atoms with Crippen LogP contribution in [0.25, 0.3) is 11.1 Å². The minimum absolute atomic E-state index is 0.171. The summed E-state index contributed by atoms with van der Waals surface area (Å²) in [6.07, 6.45) is 0. The van der Waals surface area contributed by atoms with Crippen molar-refractivity contribution >= 4 is 5.69 Å². The Morgan fingerprint density at radius 2 is 1.56 bits per heavy atom. The highest BCUT2D eigenvalue weighted by Crippen LogP contribution is 2.29. The molecule has 16 heavy (non-hydrogen) atoms. The average molecular weight is 223 g/mol. The van der Waals surface area contributed by atoms with Crippen molar-refractivity contribution in [2.24, 2.45) is 0 Å². The zero-order chi connectivity index (χ0) is 11.7. The maximum atomic E-state index is 13.5. The molecule has 0 aliphatic carbocycles. The van der Waals surface area contributed by atoms with Crippen LogP contribution in [0.5, 0.6) is 0 Å². The lowest BCUT2D eigenvalue weighted by Gasteiger charge is -2.07. The van der Waals surface area contributed by atoms with Crippen LogP contribution in [-0.4, -0.2) is 0 Å². The molecule has 0 aliphatic heterocycles. The van der Waals surface area contributed by atoms with E-state index in [1.807, 2.05) is 0 Å². The lowest BCUT2D eigenvalue weighted by molar-refractivity contribution is 0.497. The fourth-order valence-corrected chi connectivity index (χ4v) is 1.49. The van der Waals surface area contributed by atoms with Gasteiger partial charge in [-0.3, -0.25) is 0 Å². The van der Waals surface area contributed by atoms with Crippen LogP contribution in [0.4, 0.5) is 18.9 Å². The highest BCUT2D eigenvalue weighted by Gasteiger charge is 2.14. The van der Waals surface area contributed by atoms with Crippen LogP contribution in [0.15, 0.2) is 36.4 Å². The van der Waals surface area contributed by atoms with E-state index in [0.29, 0.717) is 6.07 Å². The Kier molecular flexibility index (Phi) is 2.56. The molecule has 2 N–H and O–H groups in total. The van der Waals surface area contributed by atoms with E-state index in [-0.39, 0.29) is 16.8 Å². The normalized spacial score (nSPS) is 10.4. The lowest BCUT2D eigenvalue weighted by atomic mass is 10.0. The van der Waals surface area contributed by atoms with Gasteiger partial charge in [-0.1, -0.05) is 18.2 Å². The lowest BCUT2D eigenvalue weighted by Crippen LogP contribution is -1.95. The molecular formula is C12H8F3N. The van der Waals surface area contributed by atoms with Crippen molar-refractivity contribution in [1.29, 1.82) is 0 Å². The summed E-state index contributed by atoms with van der Waals surface area (Å²) < 4.78 is 39.4. The molecule has 0 saturated carbocycles. The quantitative estimate of drug-likeness (QED) is 0.582. The van der Waals surface area contributed by atoms with E-state index in [1.165, 1.54) is 12.1 Å². The molecule has 0 spiro atoms. The fraction of sp³-hybridized carbons (Fsp3) is 0. The van der Waals surface area contributed by atoms with Gasteiger partial charge in [0, 0.05) is 22.9 Å². The fourth-order valence-electron chi connectivity index (χ4n) is 1.49. The van der Waals surface area contributed by atoms with Crippen molar-refractivity contribution in [2.45, 2.75) is 0 Å². The smallest absolute Gasteiger partial charge is 0.166 e. The maximum Gasteiger partial charge on any atom is 0.166 e. The molecule has 0 aromatic heterocycles. The van der Waals surface area contributed by atoms with Crippen LogP contribution >= 0.6 is 0 Å². The Balaban J connectivity index is 2.69. The van der Waals surface area contributed by atoms with Gasteiger partial charge in [0.25, 0.3) is 0 Å². The standard InChI is InChI=1S/C12H8F3N/c13-7-5-9(12(15)10(14)6-7)8-3-1-2-4-11(8)16/h1-6H,16H2. The first kappa shape index (κ1) is 10.5. The molecule has 2 rings (SSSR count). The van der Waals surface area contributed by atoms with Crippen LogP contribution in [0.2, 0.25) is 0 Å². The summed E-state index contributed by atoms with van der Waals surface area (Å²) >= 11 is 0. The SMILES string of the molecule is Nc1ccccc1-c1cc(F)cc(F)c1F. The Morgan fingerprint density at radius 1 is 0.875 bits per heavy atom. The summed E-state index contributed by atoms with van der Waals surface area (Å²) in [7, 11) is 0. The molecule has 0 saturated heterocycles. The number of para-hydroxylation sites is 1. The van der Waals surface area contributed by atoms with E-state index >= 15 is 0 Å². The molecule has 0 amide bonds. The number of hydrogen-bond acceptors (Lipinski definition) is 1. The zero-order valence-corrected chi connectivity index (χ0v) is 8.18. The molecule has 1 nitrogen and oxygen atoms in total. The van der Waals surface area contributed by atoms with Gasteiger partial charge in [-0.15, -0.1) is 0 Å². The third kappa shape index (κ3) is 1.74. The molecule has 2 aromatic carbocycles. The second-order valence-electron chi connectivity index (χ2n) is 3.34. The average Bonchev–Trinajstić information content (AvgIpc) is 2.24. The van der Waals surface area contributed by atoms with Crippen molar-refractivity contribution in [3.8, 4) is 11.1 Å². The molecule has 0 radical (unpaired) electrons. The van der Waals surface area contributed by atoms with Crippen molar-refractivity contribution in [2.75, 3.05) is 5.73 Å². The number of nitrogens with two attached hydrogens (primary N) is 1. The van der Waals surface area contributed by atoms with Crippen molar-refractivity contribution < 1.29 is 13.2 Å². The molecule has 2 aromatic rings. The Morgan fingerprint density at radius 3 is 2.25 bits per heavy atom. The molecule has 0 fully saturated rings. The van der Waals surface area contributed by atoms with E-state index in [4.69, 9.17) is 5.73 Å².